The number of benzene rings is 1. The predicted octanol–water partition coefficient (Wildman–Crippen LogP) is 3.17. The maximum absolute atomic E-state index is 9.59. The maximum Gasteiger partial charge on any atom is 0.0724 e. The first kappa shape index (κ1) is 13.9. The normalized spacial score (nSPS) is 15.0. The van der Waals surface area contributed by atoms with Gasteiger partial charge in [-0.2, -0.15) is 0 Å². The Morgan fingerprint density at radius 3 is 2.65 bits per heavy atom. The first-order chi connectivity index (χ1) is 8.22. The molecule has 2 heteroatoms. The van der Waals surface area contributed by atoms with Gasteiger partial charge in [-0.1, -0.05) is 49.4 Å². The molecule has 0 heterocycles. The lowest BCUT2D eigenvalue weighted by molar-refractivity contribution is 0.0743. The van der Waals surface area contributed by atoms with Gasteiger partial charge in [0, 0.05) is 6.61 Å². The van der Waals surface area contributed by atoms with Gasteiger partial charge < -0.3 is 9.84 Å². The molecule has 1 aromatic carbocycles. The number of aliphatic hydroxyl groups excluding tert-OH is 1. The first-order valence-corrected chi connectivity index (χ1v) is 6.15. The minimum Gasteiger partial charge on any atom is -0.389 e. The third-order valence-electron chi connectivity index (χ3n) is 2.57. The van der Waals surface area contributed by atoms with Crippen molar-refractivity contribution in [1.29, 1.82) is 0 Å². The van der Waals surface area contributed by atoms with Gasteiger partial charge in [-0.3, -0.25) is 0 Å². The summed E-state index contributed by atoms with van der Waals surface area (Å²) < 4.78 is 5.63. The van der Waals surface area contributed by atoms with Gasteiger partial charge in [0.1, 0.15) is 0 Å². The molecule has 0 bridgehead atoms. The second kappa shape index (κ2) is 8.04. The van der Waals surface area contributed by atoms with Crippen molar-refractivity contribution in [3.05, 3.63) is 48.0 Å². The van der Waals surface area contributed by atoms with Gasteiger partial charge in [0.15, 0.2) is 0 Å². The van der Waals surface area contributed by atoms with Crippen LogP contribution in [-0.2, 0) is 11.3 Å². The highest BCUT2D eigenvalue weighted by molar-refractivity contribution is 5.13. The number of allylic oxidation sites excluding steroid dienone is 1. The van der Waals surface area contributed by atoms with E-state index >= 15 is 0 Å². The van der Waals surface area contributed by atoms with Gasteiger partial charge in [0.25, 0.3) is 0 Å². The van der Waals surface area contributed by atoms with Crippen LogP contribution in [0.2, 0.25) is 0 Å². The van der Waals surface area contributed by atoms with Crippen LogP contribution in [-0.4, -0.2) is 17.8 Å². The Hall–Kier alpha value is -1.12. The highest BCUT2D eigenvalue weighted by atomic mass is 16.5. The molecule has 0 spiro atoms. The largest absolute Gasteiger partial charge is 0.389 e. The Labute approximate surface area is 104 Å². The van der Waals surface area contributed by atoms with E-state index in [1.807, 2.05) is 37.3 Å². The maximum atomic E-state index is 9.59. The zero-order valence-corrected chi connectivity index (χ0v) is 10.7. The van der Waals surface area contributed by atoms with Crippen LogP contribution in [0.1, 0.15) is 25.8 Å². The molecule has 0 saturated heterocycles. The summed E-state index contributed by atoms with van der Waals surface area (Å²) in [5, 5.41) is 9.59. The van der Waals surface area contributed by atoms with E-state index in [1.54, 1.807) is 0 Å². The third-order valence-corrected chi connectivity index (χ3v) is 2.57. The summed E-state index contributed by atoms with van der Waals surface area (Å²) in [6.45, 7) is 5.34. The zero-order chi connectivity index (χ0) is 12.5. The zero-order valence-electron chi connectivity index (χ0n) is 10.7. The lowest BCUT2D eigenvalue weighted by atomic mass is 10.0. The Balaban J connectivity index is 2.18. The fourth-order valence-electron chi connectivity index (χ4n) is 1.73. The van der Waals surface area contributed by atoms with Crippen LogP contribution in [0.3, 0.4) is 0 Å². The fourth-order valence-corrected chi connectivity index (χ4v) is 1.73. The molecule has 0 aliphatic carbocycles. The first-order valence-electron chi connectivity index (χ1n) is 6.15. The number of aliphatic hydroxyl groups is 1. The summed E-state index contributed by atoms with van der Waals surface area (Å²) in [4.78, 5) is 0. The molecule has 0 radical (unpaired) electrons. The summed E-state index contributed by atoms with van der Waals surface area (Å²) in [5.41, 5.74) is 1.19. The Bertz CT molecular complexity index is 319. The molecule has 2 unspecified atom stereocenters. The van der Waals surface area contributed by atoms with Crippen LogP contribution in [0.5, 0.6) is 0 Å². The average molecular weight is 234 g/mol. The molecule has 0 aromatic heterocycles. The van der Waals surface area contributed by atoms with Crippen LogP contribution >= 0.6 is 0 Å². The molecule has 0 amide bonds. The van der Waals surface area contributed by atoms with Gasteiger partial charge in [-0.15, -0.1) is 0 Å². The van der Waals surface area contributed by atoms with Crippen molar-refractivity contribution in [3.8, 4) is 0 Å². The summed E-state index contributed by atoms with van der Waals surface area (Å²) in [6, 6.07) is 10.1. The molecule has 2 atom stereocenters. The summed E-state index contributed by atoms with van der Waals surface area (Å²) in [6.07, 6.45) is 4.09. The molecule has 1 aromatic rings. The van der Waals surface area contributed by atoms with Crippen molar-refractivity contribution in [2.75, 3.05) is 6.61 Å². The van der Waals surface area contributed by atoms with Crippen molar-refractivity contribution in [1.82, 2.24) is 0 Å². The standard InChI is InChI=1S/C15H22O2/c1-3-7-15(16)10-13(2)11-17-12-14-8-5-4-6-9-14/h3-9,13,15-16H,10-12H2,1-2H3. The molecule has 1 rings (SSSR count). The summed E-state index contributed by atoms with van der Waals surface area (Å²) in [5.74, 6) is 0.366. The third kappa shape index (κ3) is 6.25. The average Bonchev–Trinajstić information content (AvgIpc) is 2.30. The predicted molar refractivity (Wildman–Crippen MR) is 70.7 cm³/mol. The van der Waals surface area contributed by atoms with Crippen molar-refractivity contribution < 1.29 is 9.84 Å². The van der Waals surface area contributed by atoms with Gasteiger partial charge in [0.2, 0.25) is 0 Å². The van der Waals surface area contributed by atoms with E-state index in [4.69, 9.17) is 4.74 Å². The quantitative estimate of drug-likeness (QED) is 0.734. The molecule has 2 nitrogen and oxygen atoms in total. The van der Waals surface area contributed by atoms with Crippen LogP contribution in [0.4, 0.5) is 0 Å². The molecule has 0 aliphatic rings. The fraction of sp³-hybridized carbons (Fsp3) is 0.467. The number of rotatable bonds is 7. The minimum atomic E-state index is -0.352. The lowest BCUT2D eigenvalue weighted by Gasteiger charge is -2.14. The second-order valence-corrected chi connectivity index (χ2v) is 4.43. The van der Waals surface area contributed by atoms with Crippen LogP contribution < -0.4 is 0 Å². The lowest BCUT2D eigenvalue weighted by Crippen LogP contribution is -2.13. The topological polar surface area (TPSA) is 29.5 Å². The molecule has 94 valence electrons. The van der Waals surface area contributed by atoms with Crippen molar-refractivity contribution in [3.63, 3.8) is 0 Å². The highest BCUT2D eigenvalue weighted by Gasteiger charge is 2.07. The van der Waals surface area contributed by atoms with Gasteiger partial charge >= 0.3 is 0 Å². The van der Waals surface area contributed by atoms with E-state index in [2.05, 4.69) is 19.1 Å². The van der Waals surface area contributed by atoms with Crippen molar-refractivity contribution >= 4 is 0 Å². The van der Waals surface area contributed by atoms with Gasteiger partial charge in [0.05, 0.1) is 12.7 Å². The van der Waals surface area contributed by atoms with Crippen molar-refractivity contribution in [2.45, 2.75) is 33.0 Å². The second-order valence-electron chi connectivity index (χ2n) is 4.43. The van der Waals surface area contributed by atoms with E-state index in [0.29, 0.717) is 19.1 Å². The van der Waals surface area contributed by atoms with E-state index in [0.717, 1.165) is 6.42 Å². The molecule has 0 saturated carbocycles. The Morgan fingerprint density at radius 2 is 2.00 bits per heavy atom. The van der Waals surface area contributed by atoms with Crippen molar-refractivity contribution in [2.24, 2.45) is 5.92 Å². The minimum absolute atomic E-state index is 0.352. The molecular weight excluding hydrogens is 212 g/mol. The van der Waals surface area contributed by atoms with Gasteiger partial charge in [-0.05, 0) is 24.8 Å². The summed E-state index contributed by atoms with van der Waals surface area (Å²) in [7, 11) is 0. The van der Waals surface area contributed by atoms with Crippen LogP contribution in [0.25, 0.3) is 0 Å². The van der Waals surface area contributed by atoms with Crippen LogP contribution in [0, 0.1) is 5.92 Å². The molecular formula is C15H22O2. The number of hydrogen-bond donors (Lipinski definition) is 1. The van der Waals surface area contributed by atoms with Crippen LogP contribution in [0.15, 0.2) is 42.5 Å². The molecule has 0 fully saturated rings. The Morgan fingerprint density at radius 1 is 1.29 bits per heavy atom. The van der Waals surface area contributed by atoms with E-state index < -0.39 is 0 Å². The summed E-state index contributed by atoms with van der Waals surface area (Å²) >= 11 is 0. The molecule has 17 heavy (non-hydrogen) atoms. The van der Waals surface area contributed by atoms with E-state index in [1.165, 1.54) is 5.56 Å². The Kier molecular flexibility index (Phi) is 6.60. The number of hydrogen-bond acceptors (Lipinski definition) is 2. The van der Waals surface area contributed by atoms with E-state index in [9.17, 15) is 5.11 Å². The smallest absolute Gasteiger partial charge is 0.0724 e. The molecule has 0 aliphatic heterocycles. The van der Waals surface area contributed by atoms with E-state index in [-0.39, 0.29) is 6.10 Å². The number of ether oxygens (including phenoxy) is 1. The SMILES string of the molecule is CC=CC(O)CC(C)COCc1ccccc1. The highest BCUT2D eigenvalue weighted by Crippen LogP contribution is 2.09. The molecule has 1 N–H and O–H groups in total. The van der Waals surface area contributed by atoms with Gasteiger partial charge in [-0.25, -0.2) is 0 Å². The monoisotopic (exact) mass is 234 g/mol.